The summed E-state index contributed by atoms with van der Waals surface area (Å²) in [5.74, 6) is 1.73. The van der Waals surface area contributed by atoms with Crippen LogP contribution in [0.5, 0.6) is 0 Å². The van der Waals surface area contributed by atoms with Crippen molar-refractivity contribution in [2.24, 2.45) is 17.8 Å². The van der Waals surface area contributed by atoms with Crippen LogP contribution in [-0.4, -0.2) is 20.3 Å². The number of aliphatic carboxylic acids is 1. The van der Waals surface area contributed by atoms with Gasteiger partial charge in [0.2, 0.25) is 0 Å². The first kappa shape index (κ1) is 19.4. The fourth-order valence-electron chi connectivity index (χ4n) is 1.98. The van der Waals surface area contributed by atoms with Crippen molar-refractivity contribution in [3.05, 3.63) is 0 Å². The molecular weight excluding hydrogens is 273 g/mol. The van der Waals surface area contributed by atoms with Crippen molar-refractivity contribution in [2.45, 2.75) is 64.2 Å². The molecule has 0 atom stereocenters. The van der Waals surface area contributed by atoms with Gasteiger partial charge in [0.25, 0.3) is 0 Å². The van der Waals surface area contributed by atoms with Gasteiger partial charge in [-0.15, -0.1) is 0 Å². The Hall–Kier alpha value is 0.0129. The number of carbonyl (C=O) groups is 1. The van der Waals surface area contributed by atoms with E-state index in [9.17, 15) is 0 Å². The zero-order valence-corrected chi connectivity index (χ0v) is 14.8. The third-order valence-corrected chi connectivity index (χ3v) is 10.9. The molecule has 0 bridgehead atoms. The second-order valence-electron chi connectivity index (χ2n) is 6.04. The number of hydrogen-bond donors (Lipinski definition) is 0. The van der Waals surface area contributed by atoms with Crippen molar-refractivity contribution in [2.75, 3.05) is 0 Å². The maximum absolute atomic E-state index is 8.89. The van der Waals surface area contributed by atoms with Gasteiger partial charge in [-0.1, -0.05) is 0 Å². The third kappa shape index (κ3) is 21.8. The van der Waals surface area contributed by atoms with Crippen LogP contribution in [0.4, 0.5) is 0 Å². The molecule has 0 rings (SSSR count). The molecular formula is C14H30GeO2. The van der Waals surface area contributed by atoms with E-state index in [4.69, 9.17) is 9.90 Å². The van der Waals surface area contributed by atoms with E-state index in [1.54, 1.807) is 15.8 Å². The molecule has 0 aromatic heterocycles. The number of rotatable bonds is 6. The van der Waals surface area contributed by atoms with Crippen molar-refractivity contribution in [3.63, 3.8) is 0 Å². The molecule has 0 spiro atoms. The fourth-order valence-corrected chi connectivity index (χ4v) is 10.3. The average Bonchev–Trinajstić information content (AvgIpc) is 1.96. The molecule has 3 heteroatoms. The number of carbonyl (C=O) groups excluding carboxylic acids is 1. The van der Waals surface area contributed by atoms with Gasteiger partial charge in [0.05, 0.1) is 0 Å². The molecule has 0 aromatic rings. The van der Waals surface area contributed by atoms with Gasteiger partial charge in [0.15, 0.2) is 0 Å². The standard InChI is InChI=1S/C12H27Ge.C2H4O2/c1-10(2)7-13(8-11(3)4)9-12(5)6;1-2(3)4/h10-12H,7-9H2,1-6H3;1H3,(H,3,4)/q+1;/p-1. The fraction of sp³-hybridized carbons (Fsp3) is 0.929. The average molecular weight is 303 g/mol. The van der Waals surface area contributed by atoms with Crippen molar-refractivity contribution in [3.8, 4) is 0 Å². The third-order valence-electron chi connectivity index (χ3n) is 2.09. The Balaban J connectivity index is 0. The van der Waals surface area contributed by atoms with Gasteiger partial charge < -0.3 is 9.90 Å². The molecule has 0 fully saturated rings. The summed E-state index contributed by atoms with van der Waals surface area (Å²) >= 11 is -0.681. The molecule has 0 aliphatic heterocycles. The van der Waals surface area contributed by atoms with E-state index in [1.807, 2.05) is 0 Å². The molecule has 0 aliphatic rings. The Morgan fingerprint density at radius 1 is 0.882 bits per heavy atom. The van der Waals surface area contributed by atoms with Crippen LogP contribution in [0.1, 0.15) is 48.5 Å². The molecule has 0 saturated carbocycles. The zero-order chi connectivity index (χ0) is 14.0. The normalized spacial score (nSPS) is 10.5. The van der Waals surface area contributed by atoms with Crippen LogP contribution in [0.15, 0.2) is 0 Å². The predicted octanol–water partition coefficient (Wildman–Crippen LogP) is 3.21. The van der Waals surface area contributed by atoms with E-state index in [1.165, 1.54) is 0 Å². The maximum atomic E-state index is 8.89. The first-order valence-corrected chi connectivity index (χ1v) is 11.1. The number of hydrogen-bond acceptors (Lipinski definition) is 2. The molecule has 102 valence electrons. The molecule has 17 heavy (non-hydrogen) atoms. The van der Waals surface area contributed by atoms with E-state index in [2.05, 4.69) is 41.5 Å². The summed E-state index contributed by atoms with van der Waals surface area (Å²) in [5, 5.41) is 13.6. The summed E-state index contributed by atoms with van der Waals surface area (Å²) in [6.07, 6.45) is 0. The van der Waals surface area contributed by atoms with Gasteiger partial charge in [0, 0.05) is 5.97 Å². The summed E-state index contributed by atoms with van der Waals surface area (Å²) in [6.45, 7) is 15.3. The Kier molecular flexibility index (Phi) is 12.7. The molecule has 0 heterocycles. The van der Waals surface area contributed by atoms with E-state index in [0.29, 0.717) is 0 Å². The minimum atomic E-state index is -1.08. The van der Waals surface area contributed by atoms with Crippen LogP contribution >= 0.6 is 0 Å². The van der Waals surface area contributed by atoms with E-state index in [0.717, 1.165) is 24.7 Å². The Bertz CT molecular complexity index is 161. The van der Waals surface area contributed by atoms with Crippen LogP contribution in [-0.2, 0) is 4.79 Å². The Morgan fingerprint density at radius 2 is 1.06 bits per heavy atom. The monoisotopic (exact) mass is 304 g/mol. The molecule has 0 amide bonds. The summed E-state index contributed by atoms with van der Waals surface area (Å²) in [7, 11) is 0. The van der Waals surface area contributed by atoms with E-state index < -0.39 is 20.3 Å². The van der Waals surface area contributed by atoms with Gasteiger partial charge in [-0.25, -0.2) is 0 Å². The van der Waals surface area contributed by atoms with Crippen molar-refractivity contribution in [1.29, 1.82) is 0 Å². The first-order valence-electron chi connectivity index (χ1n) is 6.66. The van der Waals surface area contributed by atoms with Gasteiger partial charge in [-0.2, -0.15) is 0 Å². The summed E-state index contributed by atoms with van der Waals surface area (Å²) < 4.78 is 0. The van der Waals surface area contributed by atoms with Crippen LogP contribution in [0.25, 0.3) is 0 Å². The Morgan fingerprint density at radius 3 is 1.18 bits per heavy atom. The summed E-state index contributed by atoms with van der Waals surface area (Å²) in [6, 6.07) is 0. The summed E-state index contributed by atoms with van der Waals surface area (Å²) in [5.41, 5.74) is 0. The number of carboxylic acids is 1. The molecule has 0 N–H and O–H groups in total. The quantitative estimate of drug-likeness (QED) is 0.707. The molecule has 2 nitrogen and oxygen atoms in total. The van der Waals surface area contributed by atoms with Gasteiger partial charge in [0.1, 0.15) is 0 Å². The summed E-state index contributed by atoms with van der Waals surface area (Å²) in [4.78, 5) is 8.89. The Labute approximate surface area is 112 Å². The van der Waals surface area contributed by atoms with Gasteiger partial charge in [-0.05, 0) is 6.92 Å². The van der Waals surface area contributed by atoms with Crippen LogP contribution in [0.2, 0.25) is 15.8 Å². The second kappa shape index (κ2) is 11.1. The van der Waals surface area contributed by atoms with Crippen molar-refractivity contribution >= 4 is 20.3 Å². The van der Waals surface area contributed by atoms with Crippen LogP contribution in [0.3, 0.4) is 0 Å². The second-order valence-corrected chi connectivity index (χ2v) is 11.8. The molecule has 0 unspecified atom stereocenters. The van der Waals surface area contributed by atoms with E-state index in [-0.39, 0.29) is 0 Å². The van der Waals surface area contributed by atoms with Crippen molar-refractivity contribution < 1.29 is 9.90 Å². The van der Waals surface area contributed by atoms with Gasteiger partial charge in [-0.3, -0.25) is 0 Å². The predicted molar refractivity (Wildman–Crippen MR) is 75.4 cm³/mol. The SMILES string of the molecule is CC(=O)[O-].CC(C)[CH2][Ge+]([CH2]C(C)C)[CH2]C(C)C. The van der Waals surface area contributed by atoms with E-state index >= 15 is 0 Å². The molecule has 0 radical (unpaired) electrons. The minimum absolute atomic E-state index is 0.681. The molecule has 0 aromatic carbocycles. The van der Waals surface area contributed by atoms with Crippen LogP contribution < -0.4 is 5.11 Å². The van der Waals surface area contributed by atoms with Crippen molar-refractivity contribution in [1.82, 2.24) is 0 Å². The molecule has 0 saturated heterocycles. The van der Waals surface area contributed by atoms with Gasteiger partial charge >= 0.3 is 89.4 Å². The molecule has 0 aliphatic carbocycles. The number of carboxylic acid groups (broad SMARTS) is 1. The topological polar surface area (TPSA) is 40.1 Å². The zero-order valence-electron chi connectivity index (χ0n) is 12.7. The first-order chi connectivity index (χ1) is 7.65. The van der Waals surface area contributed by atoms with Crippen LogP contribution in [0, 0.1) is 17.8 Å².